The number of aliphatic hydroxyl groups excluding tert-OH is 1. The van der Waals surface area contributed by atoms with Gasteiger partial charge < -0.3 is 14.9 Å². The first-order chi connectivity index (χ1) is 20.9. The number of anilines is 1. The van der Waals surface area contributed by atoms with Crippen molar-refractivity contribution >= 4 is 23.1 Å². The molecular weight excluding hydrogens is 532 g/mol. The van der Waals surface area contributed by atoms with Gasteiger partial charge in [0.05, 0.1) is 11.6 Å². The van der Waals surface area contributed by atoms with E-state index in [-0.39, 0.29) is 11.3 Å². The predicted molar refractivity (Wildman–Crippen MR) is 181 cm³/mol. The summed E-state index contributed by atoms with van der Waals surface area (Å²) in [6.07, 6.45) is 17.8. The van der Waals surface area contributed by atoms with Crippen LogP contribution in [0.3, 0.4) is 0 Å². The third-order valence-corrected chi connectivity index (χ3v) is 8.95. The van der Waals surface area contributed by atoms with E-state index in [0.717, 1.165) is 49.2 Å². The lowest BCUT2D eigenvalue weighted by molar-refractivity contribution is -0.139. The normalized spacial score (nSPS) is 16.3. The van der Waals surface area contributed by atoms with Crippen molar-refractivity contribution in [2.24, 2.45) is 0 Å². The van der Waals surface area contributed by atoms with Gasteiger partial charge in [0.2, 0.25) is 0 Å². The van der Waals surface area contributed by atoms with Gasteiger partial charge in [0.15, 0.2) is 0 Å². The van der Waals surface area contributed by atoms with Crippen LogP contribution in [-0.2, 0) is 9.59 Å². The van der Waals surface area contributed by atoms with Crippen molar-refractivity contribution in [3.8, 4) is 0 Å². The number of amides is 1. The van der Waals surface area contributed by atoms with Gasteiger partial charge >= 0.3 is 0 Å². The smallest absolute Gasteiger partial charge is 0.295 e. The molecule has 0 saturated carbocycles. The van der Waals surface area contributed by atoms with Gasteiger partial charge in [0, 0.05) is 30.9 Å². The van der Waals surface area contributed by atoms with Crippen LogP contribution in [0.5, 0.6) is 0 Å². The van der Waals surface area contributed by atoms with Gasteiger partial charge in [-0.2, -0.15) is 0 Å². The van der Waals surface area contributed by atoms with Crippen molar-refractivity contribution < 1.29 is 14.7 Å². The average molecular weight is 589 g/mol. The van der Waals surface area contributed by atoms with Gasteiger partial charge in [-0.05, 0) is 44.9 Å². The van der Waals surface area contributed by atoms with Crippen LogP contribution in [0.15, 0.2) is 54.1 Å². The quantitative estimate of drug-likeness (QED) is 0.0724. The molecule has 1 amide bonds. The van der Waals surface area contributed by atoms with Crippen molar-refractivity contribution in [1.29, 1.82) is 0 Å². The van der Waals surface area contributed by atoms with E-state index in [0.29, 0.717) is 12.1 Å². The number of benzene rings is 2. The molecule has 0 aliphatic carbocycles. The van der Waals surface area contributed by atoms with Crippen molar-refractivity contribution in [3.63, 3.8) is 0 Å². The summed E-state index contributed by atoms with van der Waals surface area (Å²) in [5.74, 6) is -1.21. The molecule has 1 saturated heterocycles. The zero-order chi connectivity index (χ0) is 31.0. The summed E-state index contributed by atoms with van der Waals surface area (Å²) < 4.78 is 0. The predicted octanol–water partition coefficient (Wildman–Crippen LogP) is 9.74. The molecule has 1 atom stereocenters. The van der Waals surface area contributed by atoms with Gasteiger partial charge in [-0.1, -0.05) is 132 Å². The zero-order valence-electron chi connectivity index (χ0n) is 27.4. The van der Waals surface area contributed by atoms with E-state index >= 15 is 0 Å². The second-order valence-electron chi connectivity index (χ2n) is 12.2. The number of ketones is 1. The Hall–Kier alpha value is -3.08. The van der Waals surface area contributed by atoms with Crippen LogP contribution >= 0.6 is 0 Å². The highest BCUT2D eigenvalue weighted by atomic mass is 16.3. The molecule has 5 nitrogen and oxygen atoms in total. The summed E-state index contributed by atoms with van der Waals surface area (Å²) in [4.78, 5) is 30.7. The van der Waals surface area contributed by atoms with E-state index in [1.807, 2.05) is 43.3 Å². The molecule has 5 heteroatoms. The monoisotopic (exact) mass is 588 g/mol. The van der Waals surface area contributed by atoms with Crippen LogP contribution in [-0.4, -0.2) is 41.3 Å². The van der Waals surface area contributed by atoms with E-state index < -0.39 is 17.7 Å². The lowest BCUT2D eigenvalue weighted by atomic mass is 9.94. The molecule has 1 aliphatic heterocycles. The molecule has 1 unspecified atom stereocenters. The number of carbonyl (C=O) groups excluding carboxylic acids is 2. The van der Waals surface area contributed by atoms with E-state index in [1.54, 1.807) is 4.90 Å². The lowest BCUT2D eigenvalue weighted by Crippen LogP contribution is -2.30. The van der Waals surface area contributed by atoms with Crippen LogP contribution < -0.4 is 4.90 Å². The lowest BCUT2D eigenvalue weighted by Gasteiger charge is -2.26. The Morgan fingerprint density at radius 1 is 0.698 bits per heavy atom. The first-order valence-corrected chi connectivity index (χ1v) is 17.1. The second kappa shape index (κ2) is 18.6. The van der Waals surface area contributed by atoms with E-state index in [9.17, 15) is 14.7 Å². The van der Waals surface area contributed by atoms with Gasteiger partial charge in [-0.15, -0.1) is 0 Å². The number of carbonyl (C=O) groups is 2. The molecule has 2 aromatic rings. The minimum absolute atomic E-state index is 0.0976. The molecule has 1 fully saturated rings. The molecule has 1 heterocycles. The number of nitrogens with zero attached hydrogens (tertiary/aromatic N) is 2. The first-order valence-electron chi connectivity index (χ1n) is 17.1. The van der Waals surface area contributed by atoms with E-state index in [1.165, 1.54) is 70.6 Å². The standard InChI is InChI=1S/C38H56N2O3/c1-5-8-9-10-11-12-13-14-15-16-17-18-19-20-29-40-35(31-25-27-33(28-26-31)39(6-2)7-3)34(37(42)38(40)43)36(41)32-23-21-30(4)22-24-32/h21-28,35,41H,5-20,29H2,1-4H3. The Kier molecular flexibility index (Phi) is 14.8. The molecule has 43 heavy (non-hydrogen) atoms. The fraction of sp³-hybridized carbons (Fsp3) is 0.579. The number of hydrogen-bond donors (Lipinski definition) is 1. The molecule has 1 N–H and O–H groups in total. The Labute approximate surface area is 261 Å². The topological polar surface area (TPSA) is 60.9 Å². The summed E-state index contributed by atoms with van der Waals surface area (Å²) >= 11 is 0. The highest BCUT2D eigenvalue weighted by Crippen LogP contribution is 2.40. The number of aliphatic hydroxyl groups is 1. The second-order valence-corrected chi connectivity index (χ2v) is 12.2. The van der Waals surface area contributed by atoms with E-state index in [2.05, 4.69) is 37.8 Å². The fourth-order valence-electron chi connectivity index (χ4n) is 6.26. The zero-order valence-corrected chi connectivity index (χ0v) is 27.4. The maximum absolute atomic E-state index is 13.4. The molecular formula is C38H56N2O3. The molecule has 0 radical (unpaired) electrons. The number of aryl methyl sites for hydroxylation is 1. The highest BCUT2D eigenvalue weighted by molar-refractivity contribution is 6.46. The largest absolute Gasteiger partial charge is 0.507 e. The van der Waals surface area contributed by atoms with Gasteiger partial charge in [-0.25, -0.2) is 0 Å². The Bertz CT molecular complexity index is 1150. The number of likely N-dealkylation sites (tertiary alicyclic amines) is 1. The molecule has 1 aliphatic rings. The fourth-order valence-corrected chi connectivity index (χ4v) is 6.26. The van der Waals surface area contributed by atoms with Crippen LogP contribution in [0.2, 0.25) is 0 Å². The van der Waals surface area contributed by atoms with Gasteiger partial charge in [-0.3, -0.25) is 9.59 Å². The van der Waals surface area contributed by atoms with Crippen LogP contribution in [0.1, 0.15) is 133 Å². The molecule has 0 bridgehead atoms. The number of Topliss-reactive ketones (excluding diaryl/α,β-unsaturated/α-hetero) is 1. The summed E-state index contributed by atoms with van der Waals surface area (Å²) in [7, 11) is 0. The number of rotatable bonds is 20. The number of unbranched alkanes of at least 4 members (excludes halogenated alkanes) is 13. The summed E-state index contributed by atoms with van der Waals surface area (Å²) in [6.45, 7) is 10.8. The summed E-state index contributed by atoms with van der Waals surface area (Å²) in [5.41, 5.74) is 3.78. The van der Waals surface area contributed by atoms with Gasteiger partial charge in [0.25, 0.3) is 11.7 Å². The third-order valence-electron chi connectivity index (χ3n) is 8.95. The van der Waals surface area contributed by atoms with Crippen LogP contribution in [0.4, 0.5) is 5.69 Å². The highest BCUT2D eigenvalue weighted by Gasteiger charge is 2.45. The molecule has 0 spiro atoms. The molecule has 2 aromatic carbocycles. The molecule has 236 valence electrons. The van der Waals surface area contributed by atoms with Crippen molar-refractivity contribution in [3.05, 3.63) is 70.8 Å². The summed E-state index contributed by atoms with van der Waals surface area (Å²) in [6, 6.07) is 15.0. The molecule has 0 aromatic heterocycles. The summed E-state index contributed by atoms with van der Waals surface area (Å²) in [5, 5.41) is 11.3. The van der Waals surface area contributed by atoms with Crippen LogP contribution in [0, 0.1) is 6.92 Å². The van der Waals surface area contributed by atoms with Crippen molar-refractivity contribution in [2.75, 3.05) is 24.5 Å². The van der Waals surface area contributed by atoms with Crippen molar-refractivity contribution in [2.45, 2.75) is 124 Å². The number of hydrogen-bond acceptors (Lipinski definition) is 4. The van der Waals surface area contributed by atoms with E-state index in [4.69, 9.17) is 0 Å². The van der Waals surface area contributed by atoms with Crippen molar-refractivity contribution in [1.82, 2.24) is 4.90 Å². The maximum atomic E-state index is 13.4. The maximum Gasteiger partial charge on any atom is 0.295 e. The molecule has 3 rings (SSSR count). The first kappa shape index (κ1) is 34.4. The Balaban J connectivity index is 1.61. The Morgan fingerprint density at radius 3 is 1.67 bits per heavy atom. The average Bonchev–Trinajstić information content (AvgIpc) is 3.27. The van der Waals surface area contributed by atoms with Crippen LogP contribution in [0.25, 0.3) is 5.76 Å². The Morgan fingerprint density at radius 2 is 1.19 bits per heavy atom. The third kappa shape index (κ3) is 9.98. The minimum Gasteiger partial charge on any atom is -0.507 e. The SMILES string of the molecule is CCCCCCCCCCCCCCCCN1C(=O)C(=O)C(=C(O)c2ccc(C)cc2)C1c1ccc(N(CC)CC)cc1. The van der Waals surface area contributed by atoms with Gasteiger partial charge in [0.1, 0.15) is 5.76 Å². The minimum atomic E-state index is -0.596.